The topological polar surface area (TPSA) is 40.5 Å². The summed E-state index contributed by atoms with van der Waals surface area (Å²) in [4.78, 5) is 13.4. The maximum Gasteiger partial charge on any atom is 0.416 e. The van der Waals surface area contributed by atoms with E-state index in [1.807, 2.05) is 30.9 Å². The van der Waals surface area contributed by atoms with Crippen molar-refractivity contribution in [3.05, 3.63) is 82.9 Å². The van der Waals surface area contributed by atoms with Gasteiger partial charge < -0.3 is 5.11 Å². The number of carboxylic acid groups (broad SMARTS) is 1. The summed E-state index contributed by atoms with van der Waals surface area (Å²) in [6.45, 7) is 4.37. The van der Waals surface area contributed by atoms with E-state index in [1.54, 1.807) is 0 Å². The van der Waals surface area contributed by atoms with Gasteiger partial charge >= 0.3 is 18.3 Å². The van der Waals surface area contributed by atoms with E-state index in [1.165, 1.54) is 24.3 Å². The fourth-order valence-corrected chi connectivity index (χ4v) is 4.65. The van der Waals surface area contributed by atoms with Crippen LogP contribution >= 0.6 is 0 Å². The molecule has 36 heavy (non-hydrogen) atoms. The van der Waals surface area contributed by atoms with Crippen molar-refractivity contribution in [1.82, 2.24) is 4.90 Å². The zero-order valence-corrected chi connectivity index (χ0v) is 20.0. The number of aliphatic carboxylic acids is 1. The van der Waals surface area contributed by atoms with Crippen molar-refractivity contribution >= 4 is 5.97 Å². The summed E-state index contributed by atoms with van der Waals surface area (Å²) in [6.07, 6.45) is -4.21. The summed E-state index contributed by atoms with van der Waals surface area (Å²) in [6, 6.07) is 8.86. The van der Waals surface area contributed by atoms with E-state index >= 15 is 0 Å². The summed E-state index contributed by atoms with van der Waals surface area (Å²) >= 11 is 0. The van der Waals surface area contributed by atoms with Gasteiger partial charge in [-0.25, -0.2) is 0 Å². The van der Waals surface area contributed by atoms with Crippen LogP contribution in [0.25, 0.3) is 0 Å². The van der Waals surface area contributed by atoms with E-state index < -0.39 is 41.5 Å². The number of carbonyl (C=O) groups is 1. The Morgan fingerprint density at radius 3 is 1.94 bits per heavy atom. The van der Waals surface area contributed by atoms with E-state index in [4.69, 9.17) is 0 Å². The Balaban J connectivity index is 2.02. The summed E-state index contributed by atoms with van der Waals surface area (Å²) in [5.74, 6) is -0.956. The molecule has 3 rings (SSSR count). The second-order valence-electron chi connectivity index (χ2n) is 9.56. The van der Waals surface area contributed by atoms with Crippen LogP contribution in [0.3, 0.4) is 0 Å². The van der Waals surface area contributed by atoms with Gasteiger partial charge in [0.15, 0.2) is 0 Å². The molecule has 1 aliphatic heterocycles. The highest BCUT2D eigenvalue weighted by atomic mass is 19.4. The number of hydrogen-bond donors (Lipinski definition) is 1. The number of likely N-dealkylation sites (tertiary alicyclic amines) is 1. The van der Waals surface area contributed by atoms with E-state index in [9.17, 15) is 36.2 Å². The molecule has 2 aromatic rings. The first-order chi connectivity index (χ1) is 16.8. The van der Waals surface area contributed by atoms with E-state index in [-0.39, 0.29) is 18.3 Å². The molecule has 3 atom stereocenters. The molecule has 0 radical (unpaired) electrons. The number of piperidine rings is 1. The Kier molecular flexibility index (Phi) is 8.54. The van der Waals surface area contributed by atoms with Gasteiger partial charge in [0.05, 0.1) is 17.2 Å². The van der Waals surface area contributed by atoms with Crippen LogP contribution in [-0.4, -0.2) is 22.5 Å². The fourth-order valence-electron chi connectivity index (χ4n) is 4.65. The van der Waals surface area contributed by atoms with Crippen molar-refractivity contribution in [2.75, 3.05) is 6.54 Å². The lowest BCUT2D eigenvalue weighted by atomic mass is 9.83. The van der Waals surface area contributed by atoms with Crippen LogP contribution < -0.4 is 0 Å². The number of halogens is 6. The zero-order chi connectivity index (χ0) is 26.7. The van der Waals surface area contributed by atoms with Crippen molar-refractivity contribution < 1.29 is 36.2 Å². The first-order valence-corrected chi connectivity index (χ1v) is 11.8. The average molecular weight is 514 g/mol. The summed E-state index contributed by atoms with van der Waals surface area (Å²) in [5.41, 5.74) is -0.326. The highest BCUT2D eigenvalue weighted by molar-refractivity contribution is 5.67. The summed E-state index contributed by atoms with van der Waals surface area (Å²) < 4.78 is 78.7. The Morgan fingerprint density at radius 1 is 0.944 bits per heavy atom. The first-order valence-electron chi connectivity index (χ1n) is 11.8. The summed E-state index contributed by atoms with van der Waals surface area (Å²) in [5, 5.41) is 9.30. The van der Waals surface area contributed by atoms with E-state index in [0.717, 1.165) is 24.3 Å². The number of carboxylic acids is 1. The fraction of sp³-hybridized carbons (Fsp3) is 0.444. The van der Waals surface area contributed by atoms with Crippen molar-refractivity contribution in [2.45, 2.75) is 57.5 Å². The molecule has 0 spiro atoms. The minimum absolute atomic E-state index is 0.0578. The molecular formula is C27H29F6NO2. The Hall–Kier alpha value is -2.81. The third kappa shape index (κ3) is 7.12. The number of benzene rings is 2. The number of hydrogen-bond acceptors (Lipinski definition) is 2. The number of nitrogens with zero attached hydrogens (tertiary/aromatic N) is 1. The molecule has 0 amide bonds. The van der Waals surface area contributed by atoms with Gasteiger partial charge in [0.2, 0.25) is 0 Å². The Labute approximate surface area is 206 Å². The van der Waals surface area contributed by atoms with Crippen molar-refractivity contribution in [3.8, 4) is 0 Å². The van der Waals surface area contributed by atoms with Crippen LogP contribution in [-0.2, 0) is 17.1 Å². The van der Waals surface area contributed by atoms with E-state index in [2.05, 4.69) is 0 Å². The smallest absolute Gasteiger partial charge is 0.416 e. The number of rotatable bonds is 7. The molecule has 0 saturated carbocycles. The van der Waals surface area contributed by atoms with Crippen molar-refractivity contribution in [1.29, 1.82) is 0 Å². The molecular weight excluding hydrogens is 484 g/mol. The lowest BCUT2D eigenvalue weighted by molar-refractivity contribution is -0.139. The molecule has 196 valence electrons. The Bertz CT molecular complexity index is 1040. The molecule has 1 unspecified atom stereocenters. The third-order valence-corrected chi connectivity index (χ3v) is 6.45. The van der Waals surface area contributed by atoms with Crippen LogP contribution in [0, 0.1) is 11.8 Å². The highest BCUT2D eigenvalue weighted by Gasteiger charge is 2.36. The zero-order valence-electron chi connectivity index (χ0n) is 20.0. The van der Waals surface area contributed by atoms with Crippen LogP contribution in [0.1, 0.15) is 67.4 Å². The molecule has 9 heteroatoms. The lowest BCUT2D eigenvalue weighted by Gasteiger charge is -2.43. The molecule has 0 bridgehead atoms. The van der Waals surface area contributed by atoms with Crippen LogP contribution in [0.2, 0.25) is 0 Å². The van der Waals surface area contributed by atoms with Gasteiger partial charge in [-0.2, -0.15) is 26.3 Å². The third-order valence-electron chi connectivity index (χ3n) is 6.45. The molecule has 0 aliphatic carbocycles. The van der Waals surface area contributed by atoms with Gasteiger partial charge in [0.1, 0.15) is 0 Å². The SMILES string of the molecule is CC(C)/C=C\C(c1ccc(C(F)(F)F)cc1)N1CC[C@@H](CC(=O)O)C[C@H]1c1ccc(C(F)(F)F)cc1. The molecule has 1 aliphatic rings. The van der Waals surface area contributed by atoms with Crippen LogP contribution in [0.4, 0.5) is 26.3 Å². The van der Waals surface area contributed by atoms with Crippen LogP contribution in [0.5, 0.6) is 0 Å². The molecule has 3 nitrogen and oxygen atoms in total. The van der Waals surface area contributed by atoms with Gasteiger partial charge in [-0.3, -0.25) is 9.69 Å². The van der Waals surface area contributed by atoms with Crippen molar-refractivity contribution in [3.63, 3.8) is 0 Å². The van der Waals surface area contributed by atoms with Gasteiger partial charge in [0, 0.05) is 12.5 Å². The van der Waals surface area contributed by atoms with Gasteiger partial charge in [-0.05, 0) is 66.6 Å². The second kappa shape index (κ2) is 11.1. The summed E-state index contributed by atoms with van der Waals surface area (Å²) in [7, 11) is 0. The monoisotopic (exact) mass is 513 g/mol. The number of allylic oxidation sites excluding steroid dienone is 1. The van der Waals surface area contributed by atoms with Gasteiger partial charge in [-0.1, -0.05) is 50.3 Å². The number of alkyl halides is 6. The standard InChI is InChI=1S/C27H29F6NO2/c1-17(2)3-12-23(19-4-8-21(9-5-19)26(28,29)30)34-14-13-18(16-25(35)36)15-24(34)20-6-10-22(11-7-20)27(31,32)33/h3-12,17-18,23-24H,13-16H2,1-2H3,(H,35,36)/b12-3-/t18-,23?,24+/m1/s1. The maximum absolute atomic E-state index is 13.1. The highest BCUT2D eigenvalue weighted by Crippen LogP contribution is 2.42. The van der Waals surface area contributed by atoms with Gasteiger partial charge in [-0.15, -0.1) is 0 Å². The Morgan fingerprint density at radius 2 is 1.47 bits per heavy atom. The predicted octanol–water partition coefficient (Wildman–Crippen LogP) is 7.91. The van der Waals surface area contributed by atoms with Crippen LogP contribution in [0.15, 0.2) is 60.7 Å². The van der Waals surface area contributed by atoms with Gasteiger partial charge in [0.25, 0.3) is 0 Å². The molecule has 1 N–H and O–H groups in total. The largest absolute Gasteiger partial charge is 0.481 e. The molecule has 0 aromatic heterocycles. The normalized spacial score (nSPS) is 20.7. The predicted molar refractivity (Wildman–Crippen MR) is 124 cm³/mol. The quantitative estimate of drug-likeness (QED) is 0.302. The molecule has 1 fully saturated rings. The molecule has 2 aromatic carbocycles. The van der Waals surface area contributed by atoms with E-state index in [0.29, 0.717) is 30.5 Å². The maximum atomic E-state index is 13.1. The average Bonchev–Trinajstić information content (AvgIpc) is 2.78. The minimum Gasteiger partial charge on any atom is -0.481 e. The first kappa shape index (κ1) is 27.8. The second-order valence-corrected chi connectivity index (χ2v) is 9.56. The molecule has 1 saturated heterocycles. The molecule has 1 heterocycles. The minimum atomic E-state index is -4.49. The van der Waals surface area contributed by atoms with Crippen molar-refractivity contribution in [2.24, 2.45) is 11.8 Å². The lowest BCUT2D eigenvalue weighted by Crippen LogP contribution is -2.39.